The van der Waals surface area contributed by atoms with Crippen molar-refractivity contribution in [3.05, 3.63) is 52.3 Å². The summed E-state index contributed by atoms with van der Waals surface area (Å²) in [6, 6.07) is 7.52. The Bertz CT molecular complexity index is 916. The van der Waals surface area contributed by atoms with Crippen LogP contribution < -0.4 is 5.32 Å². The van der Waals surface area contributed by atoms with E-state index in [0.29, 0.717) is 31.1 Å². The van der Waals surface area contributed by atoms with Crippen LogP contribution in [-0.4, -0.2) is 39.8 Å². The van der Waals surface area contributed by atoms with Crippen LogP contribution in [0.25, 0.3) is 11.3 Å². The van der Waals surface area contributed by atoms with Crippen LogP contribution in [0.4, 0.5) is 5.13 Å². The van der Waals surface area contributed by atoms with Gasteiger partial charge in [0.15, 0.2) is 5.13 Å². The summed E-state index contributed by atoms with van der Waals surface area (Å²) >= 11 is 2.86. The number of piperidine rings is 1. The average molecular weight is 399 g/mol. The Kier molecular flexibility index (Phi) is 5.26. The van der Waals surface area contributed by atoms with Crippen molar-refractivity contribution in [1.82, 2.24) is 14.9 Å². The standard InChI is InChI=1S/C19H18N4O2S2/c24-17(22-19-21-15(12-27-19)14-3-1-7-20-11-14)13-5-8-23(9-6-13)18(25)16-4-2-10-26-16/h1-4,7,10-13H,5-6,8-9H2,(H,21,22,24). The van der Waals surface area contributed by atoms with Crippen LogP contribution in [0, 0.1) is 5.92 Å². The van der Waals surface area contributed by atoms with Gasteiger partial charge in [-0.15, -0.1) is 22.7 Å². The van der Waals surface area contributed by atoms with Gasteiger partial charge in [-0.2, -0.15) is 0 Å². The smallest absolute Gasteiger partial charge is 0.263 e. The maximum atomic E-state index is 12.6. The highest BCUT2D eigenvalue weighted by molar-refractivity contribution is 7.14. The number of anilines is 1. The van der Waals surface area contributed by atoms with E-state index >= 15 is 0 Å². The molecule has 138 valence electrons. The first-order chi connectivity index (χ1) is 13.2. The summed E-state index contributed by atoms with van der Waals surface area (Å²) in [6.07, 6.45) is 4.81. The lowest BCUT2D eigenvalue weighted by Crippen LogP contribution is -2.41. The highest BCUT2D eigenvalue weighted by Crippen LogP contribution is 2.26. The van der Waals surface area contributed by atoms with Crippen molar-refractivity contribution in [1.29, 1.82) is 0 Å². The lowest BCUT2D eigenvalue weighted by Gasteiger charge is -2.30. The first-order valence-electron chi connectivity index (χ1n) is 8.70. The lowest BCUT2D eigenvalue weighted by atomic mass is 9.96. The number of aromatic nitrogens is 2. The molecule has 0 bridgehead atoms. The molecule has 0 aliphatic carbocycles. The van der Waals surface area contributed by atoms with Gasteiger partial charge in [-0.3, -0.25) is 14.6 Å². The number of carbonyl (C=O) groups is 2. The summed E-state index contributed by atoms with van der Waals surface area (Å²) < 4.78 is 0. The molecule has 8 heteroatoms. The molecule has 2 amide bonds. The Morgan fingerprint density at radius 1 is 1.15 bits per heavy atom. The van der Waals surface area contributed by atoms with Gasteiger partial charge in [-0.25, -0.2) is 4.98 Å². The number of nitrogens with zero attached hydrogens (tertiary/aromatic N) is 3. The molecule has 0 saturated carbocycles. The van der Waals surface area contributed by atoms with Crippen molar-refractivity contribution in [3.8, 4) is 11.3 Å². The molecule has 3 aromatic rings. The summed E-state index contributed by atoms with van der Waals surface area (Å²) in [5.41, 5.74) is 1.73. The summed E-state index contributed by atoms with van der Waals surface area (Å²) in [5, 5.41) is 7.33. The Hall–Kier alpha value is -2.58. The molecular weight excluding hydrogens is 380 g/mol. The van der Waals surface area contributed by atoms with Gasteiger partial charge < -0.3 is 10.2 Å². The minimum Gasteiger partial charge on any atom is -0.338 e. The molecule has 0 unspecified atom stereocenters. The topological polar surface area (TPSA) is 75.2 Å². The summed E-state index contributed by atoms with van der Waals surface area (Å²) in [6.45, 7) is 1.21. The number of pyridine rings is 1. The minimum atomic E-state index is -0.0943. The fourth-order valence-corrected chi connectivity index (χ4v) is 4.50. The van der Waals surface area contributed by atoms with Crippen molar-refractivity contribution in [2.45, 2.75) is 12.8 Å². The van der Waals surface area contributed by atoms with Crippen LogP contribution in [0.1, 0.15) is 22.5 Å². The zero-order valence-corrected chi connectivity index (χ0v) is 16.1. The second kappa shape index (κ2) is 7.98. The van der Waals surface area contributed by atoms with Crippen LogP contribution >= 0.6 is 22.7 Å². The van der Waals surface area contributed by atoms with Gasteiger partial charge in [0, 0.05) is 42.3 Å². The molecule has 1 aliphatic heterocycles. The van der Waals surface area contributed by atoms with Crippen LogP contribution in [0.2, 0.25) is 0 Å². The number of thiazole rings is 1. The van der Waals surface area contributed by atoms with Crippen molar-refractivity contribution in [2.24, 2.45) is 5.92 Å². The van der Waals surface area contributed by atoms with Crippen LogP contribution in [0.3, 0.4) is 0 Å². The number of hydrogen-bond donors (Lipinski definition) is 1. The Morgan fingerprint density at radius 2 is 2.00 bits per heavy atom. The molecule has 27 heavy (non-hydrogen) atoms. The third kappa shape index (κ3) is 4.06. The SMILES string of the molecule is O=C(Nc1nc(-c2cccnc2)cs1)C1CCN(C(=O)c2cccs2)CC1. The molecule has 1 saturated heterocycles. The van der Waals surface area contributed by atoms with Gasteiger partial charge in [0.2, 0.25) is 5.91 Å². The van der Waals surface area contributed by atoms with Gasteiger partial charge in [-0.1, -0.05) is 6.07 Å². The van der Waals surface area contributed by atoms with Gasteiger partial charge in [-0.05, 0) is 36.4 Å². The maximum absolute atomic E-state index is 12.6. The summed E-state index contributed by atoms with van der Waals surface area (Å²) in [4.78, 5) is 36.1. The molecule has 0 atom stereocenters. The fraction of sp³-hybridized carbons (Fsp3) is 0.263. The number of thiophene rings is 1. The number of amides is 2. The van der Waals surface area contributed by atoms with Crippen LogP contribution in [0.15, 0.2) is 47.4 Å². The lowest BCUT2D eigenvalue weighted by molar-refractivity contribution is -0.121. The molecule has 6 nitrogen and oxygen atoms in total. The third-order valence-electron chi connectivity index (χ3n) is 4.58. The summed E-state index contributed by atoms with van der Waals surface area (Å²) in [5.74, 6) is -0.0571. The van der Waals surface area contributed by atoms with Crippen molar-refractivity contribution in [3.63, 3.8) is 0 Å². The van der Waals surface area contributed by atoms with E-state index in [1.165, 1.54) is 22.7 Å². The first-order valence-corrected chi connectivity index (χ1v) is 10.5. The largest absolute Gasteiger partial charge is 0.338 e. The number of likely N-dealkylation sites (tertiary alicyclic amines) is 1. The molecule has 0 radical (unpaired) electrons. The molecule has 3 aromatic heterocycles. The van der Waals surface area contributed by atoms with E-state index in [9.17, 15) is 9.59 Å². The van der Waals surface area contributed by atoms with Crippen LogP contribution in [-0.2, 0) is 4.79 Å². The molecule has 0 spiro atoms. The zero-order chi connectivity index (χ0) is 18.6. The van der Waals surface area contributed by atoms with Crippen LogP contribution in [0.5, 0.6) is 0 Å². The Labute approximate surface area is 164 Å². The van der Waals surface area contributed by atoms with E-state index in [1.54, 1.807) is 12.4 Å². The van der Waals surface area contributed by atoms with Crippen molar-refractivity contribution in [2.75, 3.05) is 18.4 Å². The van der Waals surface area contributed by atoms with Gasteiger partial charge in [0.05, 0.1) is 10.6 Å². The third-order valence-corrected chi connectivity index (χ3v) is 6.19. The molecular formula is C19H18N4O2S2. The second-order valence-electron chi connectivity index (χ2n) is 6.31. The Balaban J connectivity index is 1.32. The van der Waals surface area contributed by atoms with Crippen molar-refractivity contribution < 1.29 is 9.59 Å². The Morgan fingerprint density at radius 3 is 2.70 bits per heavy atom. The van der Waals surface area contributed by atoms with Gasteiger partial charge >= 0.3 is 0 Å². The minimum absolute atomic E-state index is 0.0229. The normalized spacial score (nSPS) is 14.9. The molecule has 4 rings (SSSR count). The molecule has 0 aromatic carbocycles. The predicted octanol–water partition coefficient (Wildman–Crippen LogP) is 3.76. The van der Waals surface area contributed by atoms with E-state index in [0.717, 1.165) is 16.1 Å². The quantitative estimate of drug-likeness (QED) is 0.726. The molecule has 1 N–H and O–H groups in total. The van der Waals surface area contributed by atoms with E-state index in [2.05, 4.69) is 15.3 Å². The second-order valence-corrected chi connectivity index (χ2v) is 8.12. The fourth-order valence-electron chi connectivity index (χ4n) is 3.09. The average Bonchev–Trinajstić information content (AvgIpc) is 3.40. The van der Waals surface area contributed by atoms with Crippen molar-refractivity contribution >= 4 is 39.6 Å². The molecule has 1 fully saturated rings. The number of nitrogens with one attached hydrogen (secondary N) is 1. The number of carbonyl (C=O) groups excluding carboxylic acids is 2. The predicted molar refractivity (Wildman–Crippen MR) is 107 cm³/mol. The summed E-state index contributed by atoms with van der Waals surface area (Å²) in [7, 11) is 0. The number of rotatable bonds is 4. The van der Waals surface area contributed by atoms with E-state index < -0.39 is 0 Å². The zero-order valence-electron chi connectivity index (χ0n) is 14.5. The highest BCUT2D eigenvalue weighted by atomic mass is 32.1. The van der Waals surface area contributed by atoms with Gasteiger partial charge in [0.1, 0.15) is 0 Å². The monoisotopic (exact) mass is 398 g/mol. The number of hydrogen-bond acceptors (Lipinski definition) is 6. The van der Waals surface area contributed by atoms with Gasteiger partial charge in [0.25, 0.3) is 5.91 Å². The maximum Gasteiger partial charge on any atom is 0.263 e. The van der Waals surface area contributed by atoms with E-state index in [4.69, 9.17) is 0 Å². The first kappa shape index (κ1) is 17.8. The molecule has 4 heterocycles. The highest BCUT2D eigenvalue weighted by Gasteiger charge is 2.28. The van der Waals surface area contributed by atoms with E-state index in [-0.39, 0.29) is 17.7 Å². The van der Waals surface area contributed by atoms with E-state index in [1.807, 2.05) is 39.9 Å². The molecule has 1 aliphatic rings.